The molecule has 18 heavy (non-hydrogen) atoms. The molecule has 1 heterocycles. The van der Waals surface area contributed by atoms with Crippen LogP contribution in [0.5, 0.6) is 0 Å². The van der Waals surface area contributed by atoms with Gasteiger partial charge in [-0.1, -0.05) is 0 Å². The molecule has 1 saturated heterocycles. The van der Waals surface area contributed by atoms with Crippen molar-refractivity contribution in [2.24, 2.45) is 0 Å². The van der Waals surface area contributed by atoms with Gasteiger partial charge in [-0.05, 0) is 20.8 Å². The maximum atomic E-state index is 13.6. The molecule has 1 amide bonds. The van der Waals surface area contributed by atoms with Gasteiger partial charge < -0.3 is 19.9 Å². The van der Waals surface area contributed by atoms with E-state index in [0.717, 1.165) is 0 Å². The van der Waals surface area contributed by atoms with Gasteiger partial charge in [-0.25, -0.2) is 14.0 Å². The highest BCUT2D eigenvalue weighted by atomic mass is 19.1. The van der Waals surface area contributed by atoms with Crippen molar-refractivity contribution in [2.75, 3.05) is 6.61 Å². The predicted octanol–water partition coefficient (Wildman–Crippen LogP) is 1.09. The molecule has 6 nitrogen and oxygen atoms in total. The van der Waals surface area contributed by atoms with E-state index in [1.54, 1.807) is 20.8 Å². The second-order valence-corrected chi connectivity index (χ2v) is 5.16. The Labute approximate surface area is 104 Å². The number of carbonyl (C=O) groups excluding carboxylic acids is 1. The number of hydrogen-bond acceptors (Lipinski definition) is 4. The number of alkyl carbamates (subject to hydrolysis) is 1. The van der Waals surface area contributed by atoms with Gasteiger partial charge in [-0.15, -0.1) is 0 Å². The van der Waals surface area contributed by atoms with Crippen LogP contribution in [0.1, 0.15) is 27.2 Å². The summed E-state index contributed by atoms with van der Waals surface area (Å²) in [6.07, 6.45) is -3.65. The highest BCUT2D eigenvalue weighted by Crippen LogP contribution is 2.18. The van der Waals surface area contributed by atoms with Crippen molar-refractivity contribution in [1.82, 2.24) is 5.32 Å². The second-order valence-electron chi connectivity index (χ2n) is 5.16. The lowest BCUT2D eigenvalue weighted by Gasteiger charge is -2.31. The minimum atomic E-state index is -1.47. The van der Waals surface area contributed by atoms with E-state index in [1.807, 2.05) is 0 Å². The van der Waals surface area contributed by atoms with E-state index in [4.69, 9.17) is 14.6 Å². The molecule has 0 aliphatic carbocycles. The average molecular weight is 263 g/mol. The van der Waals surface area contributed by atoms with Gasteiger partial charge in [0.25, 0.3) is 0 Å². The van der Waals surface area contributed by atoms with Crippen LogP contribution in [0.4, 0.5) is 9.18 Å². The lowest BCUT2D eigenvalue weighted by molar-refractivity contribution is -0.156. The maximum Gasteiger partial charge on any atom is 0.408 e. The molecule has 2 N–H and O–H groups in total. The summed E-state index contributed by atoms with van der Waals surface area (Å²) in [5.41, 5.74) is -0.672. The lowest BCUT2D eigenvalue weighted by Crippen LogP contribution is -2.52. The lowest BCUT2D eigenvalue weighted by atomic mass is 10.0. The summed E-state index contributed by atoms with van der Waals surface area (Å²) in [7, 11) is 0. The van der Waals surface area contributed by atoms with Crippen molar-refractivity contribution in [3.8, 4) is 0 Å². The molecule has 0 bridgehead atoms. The van der Waals surface area contributed by atoms with E-state index >= 15 is 0 Å². The molecule has 0 saturated carbocycles. The Balaban J connectivity index is 2.45. The molecule has 7 heteroatoms. The smallest absolute Gasteiger partial charge is 0.408 e. The zero-order valence-corrected chi connectivity index (χ0v) is 10.6. The van der Waals surface area contributed by atoms with E-state index in [0.29, 0.717) is 0 Å². The Hall–Kier alpha value is -1.37. The van der Waals surface area contributed by atoms with E-state index in [2.05, 4.69) is 5.32 Å². The number of ether oxygens (including phenoxy) is 2. The van der Waals surface area contributed by atoms with Gasteiger partial charge in [0.2, 0.25) is 0 Å². The molecule has 0 aromatic heterocycles. The molecule has 1 rings (SSSR count). The summed E-state index contributed by atoms with van der Waals surface area (Å²) in [5.74, 6) is -1.20. The van der Waals surface area contributed by atoms with Gasteiger partial charge in [0.1, 0.15) is 11.8 Å². The molecule has 0 aromatic rings. The number of carboxylic acid groups (broad SMARTS) is 1. The summed E-state index contributed by atoms with van der Waals surface area (Å²) in [6.45, 7) is 4.89. The highest BCUT2D eigenvalue weighted by Gasteiger charge is 2.36. The van der Waals surface area contributed by atoms with Crippen LogP contribution in [-0.4, -0.2) is 47.7 Å². The maximum absolute atomic E-state index is 13.6. The van der Waals surface area contributed by atoms with Crippen LogP contribution in [-0.2, 0) is 14.3 Å². The fraction of sp³-hybridized carbons (Fsp3) is 0.818. The number of alkyl halides is 1. The van der Waals surface area contributed by atoms with E-state index in [1.165, 1.54) is 0 Å². The van der Waals surface area contributed by atoms with Crippen LogP contribution >= 0.6 is 0 Å². The zero-order valence-electron chi connectivity index (χ0n) is 10.6. The van der Waals surface area contributed by atoms with Crippen molar-refractivity contribution < 1.29 is 28.6 Å². The fourth-order valence-corrected chi connectivity index (χ4v) is 1.52. The van der Waals surface area contributed by atoms with Crippen LogP contribution in [0, 0.1) is 0 Å². The standard InChI is InChI=1S/C11H18FNO5/c1-11(2,3)18-10(16)13-7-5-17-8(9(14)15)4-6(7)12/h6-8H,4-5H2,1-3H3,(H,13,16)(H,14,15)/t6?,7?,8-/m0/s1. The van der Waals surface area contributed by atoms with Crippen molar-refractivity contribution >= 4 is 12.1 Å². The summed E-state index contributed by atoms with van der Waals surface area (Å²) in [6, 6.07) is -0.879. The molecule has 0 aromatic carbocycles. The monoisotopic (exact) mass is 263 g/mol. The fourth-order valence-electron chi connectivity index (χ4n) is 1.52. The summed E-state index contributed by atoms with van der Waals surface area (Å²) in [5, 5.41) is 11.0. The SMILES string of the molecule is CC(C)(C)OC(=O)NC1CO[C@H](C(=O)O)CC1F. The molecule has 0 radical (unpaired) electrons. The molecule has 3 atom stereocenters. The summed E-state index contributed by atoms with van der Waals surface area (Å²) >= 11 is 0. The largest absolute Gasteiger partial charge is 0.479 e. The van der Waals surface area contributed by atoms with Gasteiger partial charge in [-0.2, -0.15) is 0 Å². The molecule has 1 fully saturated rings. The Morgan fingerprint density at radius 3 is 2.50 bits per heavy atom. The van der Waals surface area contributed by atoms with Crippen LogP contribution < -0.4 is 5.32 Å². The summed E-state index contributed by atoms with van der Waals surface area (Å²) in [4.78, 5) is 22.0. The Kier molecular flexibility index (Phi) is 4.50. The van der Waals surface area contributed by atoms with Crippen molar-refractivity contribution in [2.45, 2.75) is 51.1 Å². The molecule has 0 spiro atoms. The first-order chi connectivity index (χ1) is 8.19. The number of carbonyl (C=O) groups is 2. The predicted molar refractivity (Wildman–Crippen MR) is 60.0 cm³/mol. The number of aliphatic carboxylic acids is 1. The molecule has 1 aliphatic heterocycles. The van der Waals surface area contributed by atoms with Crippen LogP contribution in [0.15, 0.2) is 0 Å². The number of nitrogens with one attached hydrogen (secondary N) is 1. The second kappa shape index (κ2) is 5.51. The topological polar surface area (TPSA) is 84.9 Å². The average Bonchev–Trinajstić information content (AvgIpc) is 2.17. The van der Waals surface area contributed by atoms with Gasteiger partial charge >= 0.3 is 12.1 Å². The molecular weight excluding hydrogens is 245 g/mol. The number of amides is 1. The van der Waals surface area contributed by atoms with Crippen molar-refractivity contribution in [3.05, 3.63) is 0 Å². The highest BCUT2D eigenvalue weighted by molar-refractivity contribution is 5.72. The Morgan fingerprint density at radius 1 is 1.44 bits per heavy atom. The van der Waals surface area contributed by atoms with Crippen LogP contribution in [0.3, 0.4) is 0 Å². The van der Waals surface area contributed by atoms with Gasteiger partial charge in [0, 0.05) is 6.42 Å². The number of hydrogen-bond donors (Lipinski definition) is 2. The normalized spacial score (nSPS) is 28.6. The van der Waals surface area contributed by atoms with Crippen molar-refractivity contribution in [1.29, 1.82) is 0 Å². The first-order valence-corrected chi connectivity index (χ1v) is 5.67. The molecule has 104 valence electrons. The van der Waals surface area contributed by atoms with E-state index < -0.39 is 36.0 Å². The number of rotatable bonds is 2. The van der Waals surface area contributed by atoms with E-state index in [-0.39, 0.29) is 13.0 Å². The first-order valence-electron chi connectivity index (χ1n) is 5.67. The van der Waals surface area contributed by atoms with Crippen LogP contribution in [0.2, 0.25) is 0 Å². The van der Waals surface area contributed by atoms with Crippen molar-refractivity contribution in [3.63, 3.8) is 0 Å². The number of halogens is 1. The third-order valence-electron chi connectivity index (χ3n) is 2.33. The third-order valence-corrected chi connectivity index (χ3v) is 2.33. The minimum absolute atomic E-state index is 0.183. The quantitative estimate of drug-likeness (QED) is 0.779. The third kappa shape index (κ3) is 4.48. The Morgan fingerprint density at radius 2 is 2.06 bits per heavy atom. The van der Waals surface area contributed by atoms with Gasteiger partial charge in [0.05, 0.1) is 12.6 Å². The Bertz CT molecular complexity index is 328. The van der Waals surface area contributed by atoms with Gasteiger partial charge in [0.15, 0.2) is 6.10 Å². The summed E-state index contributed by atoms with van der Waals surface area (Å²) < 4.78 is 23.6. The number of carboxylic acids is 1. The van der Waals surface area contributed by atoms with Crippen LogP contribution in [0.25, 0.3) is 0 Å². The minimum Gasteiger partial charge on any atom is -0.479 e. The molecule has 1 aliphatic rings. The van der Waals surface area contributed by atoms with Gasteiger partial charge in [-0.3, -0.25) is 0 Å². The van der Waals surface area contributed by atoms with E-state index in [9.17, 15) is 14.0 Å². The molecule has 2 unspecified atom stereocenters. The zero-order chi connectivity index (χ0) is 13.9. The molecular formula is C11H18FNO5. The first kappa shape index (κ1) is 14.7.